The Hall–Kier alpha value is -1.63. The molecule has 1 atom stereocenters. The Morgan fingerprint density at radius 3 is 2.95 bits per heavy atom. The van der Waals surface area contributed by atoms with Gasteiger partial charge in [-0.1, -0.05) is 0 Å². The van der Waals surface area contributed by atoms with Crippen molar-refractivity contribution >= 4 is 11.5 Å². The minimum Gasteiger partial charge on any atom is -0.346 e. The zero-order chi connectivity index (χ0) is 14.1. The molecular formula is C13H21N5O2. The van der Waals surface area contributed by atoms with E-state index in [1.54, 1.807) is 11.7 Å². The van der Waals surface area contributed by atoms with Crippen LogP contribution >= 0.6 is 0 Å². The maximum Gasteiger partial charge on any atom is 0.330 e. The van der Waals surface area contributed by atoms with Crippen molar-refractivity contribution in [2.75, 3.05) is 24.5 Å². The van der Waals surface area contributed by atoms with E-state index in [0.717, 1.165) is 32.5 Å². The van der Waals surface area contributed by atoms with Gasteiger partial charge < -0.3 is 10.2 Å². The van der Waals surface area contributed by atoms with Crippen LogP contribution in [0.3, 0.4) is 0 Å². The lowest BCUT2D eigenvalue weighted by Gasteiger charge is -2.30. The Morgan fingerprint density at radius 2 is 2.35 bits per heavy atom. The second kappa shape index (κ2) is 5.40. The first-order chi connectivity index (χ1) is 9.65. The van der Waals surface area contributed by atoms with Crippen LogP contribution in [0.4, 0.5) is 11.5 Å². The number of nitrogens with zero attached hydrogens (tertiary/aromatic N) is 4. The molecule has 0 radical (unpaired) electrons. The fraction of sp³-hybridized carbons (Fsp3) is 0.769. The number of aryl methyl sites for hydroxylation is 1. The highest BCUT2D eigenvalue weighted by Gasteiger charge is 2.36. The normalized spacial score (nSPS) is 22.8. The molecule has 2 heterocycles. The molecule has 1 N–H and O–H groups in total. The molecule has 0 bridgehead atoms. The van der Waals surface area contributed by atoms with Crippen LogP contribution in [0.15, 0.2) is 6.20 Å². The van der Waals surface area contributed by atoms with Crippen molar-refractivity contribution in [3.05, 3.63) is 16.3 Å². The molecule has 1 aromatic rings. The van der Waals surface area contributed by atoms with Crippen molar-refractivity contribution in [1.82, 2.24) is 15.1 Å². The van der Waals surface area contributed by atoms with Gasteiger partial charge in [0.25, 0.3) is 0 Å². The van der Waals surface area contributed by atoms with Gasteiger partial charge in [-0.05, 0) is 44.7 Å². The van der Waals surface area contributed by atoms with E-state index in [1.807, 2.05) is 0 Å². The molecule has 1 aliphatic carbocycles. The van der Waals surface area contributed by atoms with Crippen LogP contribution in [-0.4, -0.2) is 40.4 Å². The van der Waals surface area contributed by atoms with Crippen LogP contribution < -0.4 is 10.2 Å². The number of piperidine rings is 1. The van der Waals surface area contributed by atoms with Crippen molar-refractivity contribution in [2.45, 2.75) is 31.7 Å². The average molecular weight is 279 g/mol. The Balaban J connectivity index is 1.81. The standard InChI is InChI=1S/C13H21N5O2/c1-16-9-12(18(19)20)13(15-16)17(11-4-5-11)8-10-3-2-6-14-7-10/h9-11,14H,2-8H2,1H3. The highest BCUT2D eigenvalue weighted by molar-refractivity contribution is 5.58. The molecule has 7 nitrogen and oxygen atoms in total. The van der Waals surface area contributed by atoms with Crippen LogP contribution in [0.1, 0.15) is 25.7 Å². The zero-order valence-electron chi connectivity index (χ0n) is 11.8. The number of rotatable bonds is 5. The molecule has 110 valence electrons. The van der Waals surface area contributed by atoms with Gasteiger partial charge >= 0.3 is 5.69 Å². The molecule has 1 saturated carbocycles. The van der Waals surface area contributed by atoms with Gasteiger partial charge in [-0.25, -0.2) is 0 Å². The summed E-state index contributed by atoms with van der Waals surface area (Å²) in [6.45, 7) is 2.96. The SMILES string of the molecule is Cn1cc([N+](=O)[O-])c(N(CC2CCCNC2)C2CC2)n1. The summed E-state index contributed by atoms with van der Waals surface area (Å²) in [5.74, 6) is 1.11. The van der Waals surface area contributed by atoms with Gasteiger partial charge in [0.05, 0.1) is 4.92 Å². The third-order valence-electron chi connectivity index (χ3n) is 4.10. The summed E-state index contributed by atoms with van der Waals surface area (Å²) in [6.07, 6.45) is 6.12. The first-order valence-electron chi connectivity index (χ1n) is 7.30. The average Bonchev–Trinajstić information content (AvgIpc) is 3.19. The molecule has 0 amide bonds. The predicted octanol–water partition coefficient (Wildman–Crippen LogP) is 1.30. The smallest absolute Gasteiger partial charge is 0.330 e. The number of hydrogen-bond acceptors (Lipinski definition) is 5. The minimum absolute atomic E-state index is 0.128. The van der Waals surface area contributed by atoms with Gasteiger partial charge in [-0.2, -0.15) is 0 Å². The second-order valence-corrected chi connectivity index (χ2v) is 5.86. The van der Waals surface area contributed by atoms with E-state index in [9.17, 15) is 10.1 Å². The molecule has 2 aliphatic rings. The number of nitrogens with one attached hydrogen (secondary N) is 1. The van der Waals surface area contributed by atoms with Crippen LogP contribution in [-0.2, 0) is 7.05 Å². The fourth-order valence-electron chi connectivity index (χ4n) is 2.95. The van der Waals surface area contributed by atoms with E-state index in [4.69, 9.17) is 0 Å². The maximum atomic E-state index is 11.2. The van der Waals surface area contributed by atoms with Gasteiger partial charge in [-0.15, -0.1) is 5.10 Å². The highest BCUT2D eigenvalue weighted by Crippen LogP contribution is 2.36. The van der Waals surface area contributed by atoms with E-state index in [2.05, 4.69) is 15.3 Å². The van der Waals surface area contributed by atoms with Crippen molar-refractivity contribution in [1.29, 1.82) is 0 Å². The third-order valence-corrected chi connectivity index (χ3v) is 4.10. The third kappa shape index (κ3) is 2.77. The first-order valence-corrected chi connectivity index (χ1v) is 7.30. The lowest BCUT2D eigenvalue weighted by molar-refractivity contribution is -0.384. The van der Waals surface area contributed by atoms with Gasteiger partial charge in [0.1, 0.15) is 6.20 Å². The summed E-state index contributed by atoms with van der Waals surface area (Å²) >= 11 is 0. The van der Waals surface area contributed by atoms with Crippen molar-refractivity contribution in [3.63, 3.8) is 0 Å². The maximum absolute atomic E-state index is 11.2. The van der Waals surface area contributed by atoms with E-state index < -0.39 is 0 Å². The van der Waals surface area contributed by atoms with Gasteiger partial charge in [0, 0.05) is 19.6 Å². The van der Waals surface area contributed by atoms with Crippen LogP contribution in [0.5, 0.6) is 0 Å². The van der Waals surface area contributed by atoms with Crippen LogP contribution in [0, 0.1) is 16.0 Å². The lowest BCUT2D eigenvalue weighted by atomic mass is 9.99. The summed E-state index contributed by atoms with van der Waals surface area (Å²) in [5.41, 5.74) is 0.128. The van der Waals surface area contributed by atoms with Crippen molar-refractivity contribution < 1.29 is 4.92 Å². The minimum atomic E-state index is -0.323. The molecule has 7 heteroatoms. The Kier molecular flexibility index (Phi) is 3.60. The quantitative estimate of drug-likeness (QED) is 0.649. The number of hydrogen-bond donors (Lipinski definition) is 1. The van der Waals surface area contributed by atoms with E-state index in [1.165, 1.54) is 19.0 Å². The molecule has 2 fully saturated rings. The number of nitro groups is 1. The van der Waals surface area contributed by atoms with E-state index in [-0.39, 0.29) is 10.6 Å². The van der Waals surface area contributed by atoms with Crippen LogP contribution in [0.25, 0.3) is 0 Å². The monoisotopic (exact) mass is 279 g/mol. The zero-order valence-corrected chi connectivity index (χ0v) is 11.8. The molecule has 1 unspecified atom stereocenters. The van der Waals surface area contributed by atoms with Crippen molar-refractivity contribution in [3.8, 4) is 0 Å². The molecule has 1 aliphatic heterocycles. The second-order valence-electron chi connectivity index (χ2n) is 5.86. The van der Waals surface area contributed by atoms with E-state index >= 15 is 0 Å². The molecule has 0 aromatic carbocycles. The van der Waals surface area contributed by atoms with Gasteiger partial charge in [0.2, 0.25) is 5.82 Å². The van der Waals surface area contributed by atoms with Gasteiger partial charge in [-0.3, -0.25) is 14.8 Å². The Morgan fingerprint density at radius 1 is 1.55 bits per heavy atom. The largest absolute Gasteiger partial charge is 0.346 e. The summed E-state index contributed by atoms with van der Waals surface area (Å²) in [4.78, 5) is 13.0. The molecule has 3 rings (SSSR count). The summed E-state index contributed by atoms with van der Waals surface area (Å²) in [5, 5.41) is 18.9. The molecule has 1 saturated heterocycles. The fourth-order valence-corrected chi connectivity index (χ4v) is 2.95. The molecule has 0 spiro atoms. The summed E-state index contributed by atoms with van der Waals surface area (Å²) in [6, 6.07) is 0.436. The van der Waals surface area contributed by atoms with E-state index in [0.29, 0.717) is 17.8 Å². The highest BCUT2D eigenvalue weighted by atomic mass is 16.6. The Bertz CT molecular complexity index is 491. The lowest BCUT2D eigenvalue weighted by Crippen LogP contribution is -2.39. The summed E-state index contributed by atoms with van der Waals surface area (Å²) in [7, 11) is 1.74. The Labute approximate surface area is 118 Å². The predicted molar refractivity (Wildman–Crippen MR) is 75.8 cm³/mol. The number of aromatic nitrogens is 2. The summed E-state index contributed by atoms with van der Waals surface area (Å²) < 4.78 is 1.54. The van der Waals surface area contributed by atoms with Crippen LogP contribution in [0.2, 0.25) is 0 Å². The number of anilines is 1. The van der Waals surface area contributed by atoms with Gasteiger partial charge in [0.15, 0.2) is 0 Å². The topological polar surface area (TPSA) is 76.2 Å². The first kappa shape index (κ1) is 13.4. The molecule has 20 heavy (non-hydrogen) atoms. The van der Waals surface area contributed by atoms with Crippen molar-refractivity contribution in [2.24, 2.45) is 13.0 Å². The molecular weight excluding hydrogens is 258 g/mol. The molecule has 1 aromatic heterocycles.